The zero-order valence-corrected chi connectivity index (χ0v) is 11.4. The number of benzene rings is 1. The van der Waals surface area contributed by atoms with Crippen LogP contribution in [0.5, 0.6) is 0 Å². The normalized spacial score (nSPS) is 11.8. The van der Waals surface area contributed by atoms with Crippen molar-refractivity contribution in [1.29, 1.82) is 5.26 Å². The van der Waals surface area contributed by atoms with Crippen molar-refractivity contribution < 1.29 is 0 Å². The van der Waals surface area contributed by atoms with E-state index in [1.165, 1.54) is 9.75 Å². The Kier molecular flexibility index (Phi) is 4.01. The molecule has 1 heterocycles. The molecule has 0 saturated carbocycles. The molecule has 2 aromatic rings. The molecule has 18 heavy (non-hydrogen) atoms. The van der Waals surface area contributed by atoms with Crippen LogP contribution >= 0.6 is 11.3 Å². The van der Waals surface area contributed by atoms with Crippen LogP contribution in [0.15, 0.2) is 36.4 Å². The molecule has 1 N–H and O–H groups in total. The summed E-state index contributed by atoms with van der Waals surface area (Å²) in [6.45, 7) is 4.33. The molecule has 1 atom stereocenters. The second-order valence-corrected chi connectivity index (χ2v) is 5.41. The first-order valence-electron chi connectivity index (χ1n) is 6.08. The number of hydrogen-bond acceptors (Lipinski definition) is 3. The van der Waals surface area contributed by atoms with E-state index in [1.807, 2.05) is 35.6 Å². The minimum absolute atomic E-state index is 0.295. The van der Waals surface area contributed by atoms with Crippen LogP contribution in [-0.4, -0.2) is 0 Å². The van der Waals surface area contributed by atoms with Gasteiger partial charge in [-0.1, -0.05) is 6.92 Å². The minimum Gasteiger partial charge on any atom is -0.378 e. The van der Waals surface area contributed by atoms with Gasteiger partial charge >= 0.3 is 0 Å². The summed E-state index contributed by atoms with van der Waals surface area (Å²) in [4.78, 5) is 2.76. The van der Waals surface area contributed by atoms with Crippen LogP contribution < -0.4 is 5.32 Å². The van der Waals surface area contributed by atoms with E-state index in [0.717, 1.165) is 12.1 Å². The van der Waals surface area contributed by atoms with Gasteiger partial charge in [0.05, 0.1) is 17.7 Å². The van der Waals surface area contributed by atoms with E-state index < -0.39 is 0 Å². The molecule has 0 aliphatic heterocycles. The van der Waals surface area contributed by atoms with Crippen LogP contribution in [0.25, 0.3) is 0 Å². The van der Waals surface area contributed by atoms with Crippen molar-refractivity contribution in [3.63, 3.8) is 0 Å². The molecule has 0 aliphatic carbocycles. The van der Waals surface area contributed by atoms with E-state index in [0.29, 0.717) is 11.6 Å². The van der Waals surface area contributed by atoms with Gasteiger partial charge in [-0.05, 0) is 49.7 Å². The summed E-state index contributed by atoms with van der Waals surface area (Å²) in [5, 5.41) is 12.2. The highest BCUT2D eigenvalue weighted by Crippen LogP contribution is 2.26. The van der Waals surface area contributed by atoms with E-state index in [2.05, 4.69) is 37.4 Å². The van der Waals surface area contributed by atoms with Gasteiger partial charge in [0, 0.05) is 15.4 Å². The Morgan fingerprint density at radius 3 is 2.50 bits per heavy atom. The summed E-state index contributed by atoms with van der Waals surface area (Å²) in [5.74, 6) is 0. The lowest BCUT2D eigenvalue weighted by atomic mass is 10.2. The third-order valence-corrected chi connectivity index (χ3v) is 4.27. The van der Waals surface area contributed by atoms with Crippen LogP contribution in [0.1, 0.15) is 35.2 Å². The number of anilines is 1. The topological polar surface area (TPSA) is 35.8 Å². The standard InChI is InChI=1S/C15H16N2S/c1-3-14-8-9-15(18-14)11(2)17-13-6-4-12(10-16)5-7-13/h4-9,11,17H,3H2,1-2H3. The Morgan fingerprint density at radius 2 is 1.94 bits per heavy atom. The van der Waals surface area contributed by atoms with Crippen molar-refractivity contribution >= 4 is 17.0 Å². The first-order valence-corrected chi connectivity index (χ1v) is 6.90. The molecule has 0 aliphatic rings. The van der Waals surface area contributed by atoms with Crippen molar-refractivity contribution in [3.05, 3.63) is 51.7 Å². The number of thiophene rings is 1. The first kappa shape index (κ1) is 12.7. The Hall–Kier alpha value is -1.79. The van der Waals surface area contributed by atoms with Gasteiger partial charge in [-0.3, -0.25) is 0 Å². The number of hydrogen-bond donors (Lipinski definition) is 1. The minimum atomic E-state index is 0.295. The molecule has 1 aromatic carbocycles. The van der Waals surface area contributed by atoms with Gasteiger partial charge in [-0.2, -0.15) is 5.26 Å². The van der Waals surface area contributed by atoms with Crippen molar-refractivity contribution in [1.82, 2.24) is 0 Å². The van der Waals surface area contributed by atoms with Gasteiger partial charge in [0.2, 0.25) is 0 Å². The Labute approximate surface area is 112 Å². The Balaban J connectivity index is 2.06. The lowest BCUT2D eigenvalue weighted by Crippen LogP contribution is -2.04. The Bertz CT molecular complexity index is 549. The lowest BCUT2D eigenvalue weighted by Gasteiger charge is -2.13. The largest absolute Gasteiger partial charge is 0.378 e. The first-order chi connectivity index (χ1) is 8.72. The van der Waals surface area contributed by atoms with Crippen molar-refractivity contribution in [2.75, 3.05) is 5.32 Å². The highest BCUT2D eigenvalue weighted by molar-refractivity contribution is 7.12. The molecule has 3 heteroatoms. The second kappa shape index (κ2) is 5.70. The molecule has 0 fully saturated rings. The second-order valence-electron chi connectivity index (χ2n) is 4.21. The number of rotatable bonds is 4. The van der Waals surface area contributed by atoms with Crippen LogP contribution in [0.4, 0.5) is 5.69 Å². The molecule has 1 aromatic heterocycles. The molecule has 0 spiro atoms. The summed E-state index contributed by atoms with van der Waals surface area (Å²) in [5.41, 5.74) is 1.74. The van der Waals surface area contributed by atoms with Gasteiger partial charge in [0.15, 0.2) is 0 Å². The summed E-state index contributed by atoms with van der Waals surface area (Å²) in [7, 11) is 0. The third kappa shape index (κ3) is 2.91. The fourth-order valence-corrected chi connectivity index (χ4v) is 2.73. The highest BCUT2D eigenvalue weighted by Gasteiger charge is 2.08. The van der Waals surface area contributed by atoms with E-state index in [9.17, 15) is 0 Å². The van der Waals surface area contributed by atoms with E-state index in [-0.39, 0.29) is 0 Å². The van der Waals surface area contributed by atoms with E-state index in [4.69, 9.17) is 5.26 Å². The van der Waals surface area contributed by atoms with Crippen LogP contribution in [0.2, 0.25) is 0 Å². The monoisotopic (exact) mass is 256 g/mol. The molecule has 0 saturated heterocycles. The quantitative estimate of drug-likeness (QED) is 0.882. The van der Waals surface area contributed by atoms with Gasteiger partial charge in [0.25, 0.3) is 0 Å². The average molecular weight is 256 g/mol. The molecular formula is C15H16N2S. The summed E-state index contributed by atoms with van der Waals surface area (Å²) >= 11 is 1.85. The maximum Gasteiger partial charge on any atom is 0.0991 e. The van der Waals surface area contributed by atoms with Gasteiger partial charge in [-0.25, -0.2) is 0 Å². The number of nitriles is 1. The van der Waals surface area contributed by atoms with Gasteiger partial charge in [-0.15, -0.1) is 11.3 Å². The van der Waals surface area contributed by atoms with Crippen LogP contribution in [0.3, 0.4) is 0 Å². The molecule has 2 nitrogen and oxygen atoms in total. The maximum absolute atomic E-state index is 8.75. The predicted octanol–water partition coefficient (Wildman–Crippen LogP) is 4.36. The van der Waals surface area contributed by atoms with Gasteiger partial charge < -0.3 is 5.32 Å². The highest BCUT2D eigenvalue weighted by atomic mass is 32.1. The SMILES string of the molecule is CCc1ccc(C(C)Nc2ccc(C#N)cc2)s1. The van der Waals surface area contributed by atoms with Crippen LogP contribution in [0, 0.1) is 11.3 Å². The fraction of sp³-hybridized carbons (Fsp3) is 0.267. The number of nitrogens with one attached hydrogen (secondary N) is 1. The van der Waals surface area contributed by atoms with Crippen LogP contribution in [-0.2, 0) is 6.42 Å². The van der Waals surface area contributed by atoms with Crippen molar-refractivity contribution in [3.8, 4) is 6.07 Å². The van der Waals surface area contributed by atoms with E-state index in [1.54, 1.807) is 0 Å². The number of nitrogens with zero attached hydrogens (tertiary/aromatic N) is 1. The molecular weight excluding hydrogens is 240 g/mol. The third-order valence-electron chi connectivity index (χ3n) is 2.85. The summed E-state index contributed by atoms with van der Waals surface area (Å²) < 4.78 is 0. The molecule has 0 radical (unpaired) electrons. The Morgan fingerprint density at radius 1 is 1.22 bits per heavy atom. The average Bonchev–Trinajstić information content (AvgIpc) is 2.88. The molecule has 2 rings (SSSR count). The fourth-order valence-electron chi connectivity index (χ4n) is 1.78. The summed E-state index contributed by atoms with van der Waals surface area (Å²) in [6, 6.07) is 14.4. The zero-order chi connectivity index (χ0) is 13.0. The molecule has 0 amide bonds. The molecule has 0 bridgehead atoms. The van der Waals surface area contributed by atoms with Gasteiger partial charge in [0.1, 0.15) is 0 Å². The molecule has 92 valence electrons. The van der Waals surface area contributed by atoms with Crippen molar-refractivity contribution in [2.45, 2.75) is 26.3 Å². The maximum atomic E-state index is 8.75. The van der Waals surface area contributed by atoms with E-state index >= 15 is 0 Å². The predicted molar refractivity (Wildman–Crippen MR) is 76.9 cm³/mol. The lowest BCUT2D eigenvalue weighted by molar-refractivity contribution is 0.908. The van der Waals surface area contributed by atoms with Crippen molar-refractivity contribution in [2.24, 2.45) is 0 Å². The zero-order valence-electron chi connectivity index (χ0n) is 10.6. The molecule has 1 unspecified atom stereocenters. The smallest absolute Gasteiger partial charge is 0.0991 e. The summed E-state index contributed by atoms with van der Waals surface area (Å²) in [6.07, 6.45) is 1.09. The number of aryl methyl sites for hydroxylation is 1.